The Morgan fingerprint density at radius 1 is 1.50 bits per heavy atom. The van der Waals surface area contributed by atoms with Gasteiger partial charge >= 0.3 is 0 Å². The highest BCUT2D eigenvalue weighted by Gasteiger charge is 2.40. The zero-order valence-corrected chi connectivity index (χ0v) is 12.6. The minimum Gasteiger partial charge on any atom is -0.490 e. The maximum absolute atomic E-state index is 9.46. The second kappa shape index (κ2) is 6.28. The third-order valence-corrected chi connectivity index (χ3v) is 3.86. The van der Waals surface area contributed by atoms with Crippen LogP contribution < -0.4 is 10.1 Å². The van der Waals surface area contributed by atoms with E-state index < -0.39 is 5.54 Å². The van der Waals surface area contributed by atoms with Crippen molar-refractivity contribution in [3.63, 3.8) is 0 Å². The van der Waals surface area contributed by atoms with Gasteiger partial charge in [-0.1, -0.05) is 19.1 Å². The zero-order chi connectivity index (χ0) is 14.6. The fraction of sp³-hybridized carbons (Fsp3) is 0.588. The number of hydrogen-bond donors (Lipinski definition) is 1. The Kier molecular flexibility index (Phi) is 4.67. The van der Waals surface area contributed by atoms with Crippen LogP contribution in [0.25, 0.3) is 0 Å². The second-order valence-corrected chi connectivity index (χ2v) is 5.98. The number of nitrogens with one attached hydrogen (secondary N) is 1. The molecule has 0 aromatic heterocycles. The summed E-state index contributed by atoms with van der Waals surface area (Å²) in [7, 11) is 0. The Morgan fingerprint density at radius 2 is 2.30 bits per heavy atom. The quantitative estimate of drug-likeness (QED) is 0.893. The molecule has 0 saturated heterocycles. The minimum atomic E-state index is -0.415. The number of nitrogens with zero attached hydrogens (tertiary/aromatic N) is 1. The van der Waals surface area contributed by atoms with Crippen LogP contribution in [0.1, 0.15) is 45.6 Å². The monoisotopic (exact) mass is 272 g/mol. The van der Waals surface area contributed by atoms with E-state index >= 15 is 0 Å². The molecule has 0 bridgehead atoms. The highest BCUT2D eigenvalue weighted by atomic mass is 16.5. The number of nitriles is 1. The predicted molar refractivity (Wildman–Crippen MR) is 80.7 cm³/mol. The SMILES string of the molecule is CCc1cccc(OC2CCC(C#N)(NC(C)C)C2)c1. The van der Waals surface area contributed by atoms with E-state index in [0.717, 1.165) is 31.4 Å². The molecule has 0 radical (unpaired) electrons. The summed E-state index contributed by atoms with van der Waals surface area (Å²) < 4.78 is 6.07. The molecule has 3 heteroatoms. The first kappa shape index (κ1) is 14.9. The number of rotatable bonds is 5. The maximum Gasteiger partial charge on any atom is 0.119 e. The molecular weight excluding hydrogens is 248 g/mol. The average molecular weight is 272 g/mol. The fourth-order valence-electron chi connectivity index (χ4n) is 2.95. The molecule has 3 nitrogen and oxygen atoms in total. The van der Waals surface area contributed by atoms with Crippen LogP contribution in [0.3, 0.4) is 0 Å². The lowest BCUT2D eigenvalue weighted by atomic mass is 9.98. The van der Waals surface area contributed by atoms with Crippen molar-refractivity contribution < 1.29 is 4.74 Å². The van der Waals surface area contributed by atoms with E-state index in [9.17, 15) is 5.26 Å². The fourth-order valence-corrected chi connectivity index (χ4v) is 2.95. The van der Waals surface area contributed by atoms with Gasteiger partial charge in [0.1, 0.15) is 17.4 Å². The zero-order valence-electron chi connectivity index (χ0n) is 12.6. The second-order valence-electron chi connectivity index (χ2n) is 5.98. The van der Waals surface area contributed by atoms with E-state index in [1.807, 2.05) is 12.1 Å². The van der Waals surface area contributed by atoms with Crippen molar-refractivity contribution in [2.75, 3.05) is 0 Å². The molecule has 108 valence electrons. The van der Waals surface area contributed by atoms with Crippen LogP contribution in [-0.4, -0.2) is 17.7 Å². The third-order valence-electron chi connectivity index (χ3n) is 3.86. The van der Waals surface area contributed by atoms with Crippen molar-refractivity contribution in [3.05, 3.63) is 29.8 Å². The standard InChI is InChI=1S/C17H24N2O/c1-4-14-6-5-7-15(10-14)20-16-8-9-17(11-16,12-18)19-13(2)3/h5-7,10,13,16,19H,4,8-9,11H2,1-3H3. The van der Waals surface area contributed by atoms with Crippen LogP contribution in [0.4, 0.5) is 0 Å². The van der Waals surface area contributed by atoms with Crippen LogP contribution in [0, 0.1) is 11.3 Å². The van der Waals surface area contributed by atoms with E-state index in [2.05, 4.69) is 44.3 Å². The number of ether oxygens (including phenoxy) is 1. The Labute approximate surface area is 121 Å². The van der Waals surface area contributed by atoms with Gasteiger partial charge in [0.25, 0.3) is 0 Å². The van der Waals surface area contributed by atoms with Crippen LogP contribution in [-0.2, 0) is 6.42 Å². The molecule has 1 aromatic rings. The summed E-state index contributed by atoms with van der Waals surface area (Å²) in [5, 5.41) is 12.9. The van der Waals surface area contributed by atoms with Crippen LogP contribution in [0.5, 0.6) is 5.75 Å². The van der Waals surface area contributed by atoms with E-state index in [1.165, 1.54) is 5.56 Å². The van der Waals surface area contributed by atoms with E-state index in [0.29, 0.717) is 6.04 Å². The lowest BCUT2D eigenvalue weighted by Gasteiger charge is -2.25. The van der Waals surface area contributed by atoms with Crippen molar-refractivity contribution in [3.8, 4) is 11.8 Å². The van der Waals surface area contributed by atoms with Crippen molar-refractivity contribution >= 4 is 0 Å². The van der Waals surface area contributed by atoms with Crippen molar-refractivity contribution in [2.45, 2.75) is 64.1 Å². The van der Waals surface area contributed by atoms with Crippen molar-refractivity contribution in [2.24, 2.45) is 0 Å². The molecule has 0 aliphatic heterocycles. The van der Waals surface area contributed by atoms with Crippen LogP contribution in [0.2, 0.25) is 0 Å². The molecule has 1 fully saturated rings. The van der Waals surface area contributed by atoms with Crippen LogP contribution >= 0.6 is 0 Å². The Balaban J connectivity index is 2.00. The first-order valence-corrected chi connectivity index (χ1v) is 7.51. The molecule has 2 atom stereocenters. The van der Waals surface area contributed by atoms with Gasteiger partial charge in [0.15, 0.2) is 0 Å². The smallest absolute Gasteiger partial charge is 0.119 e. The van der Waals surface area contributed by atoms with Crippen molar-refractivity contribution in [1.82, 2.24) is 5.32 Å². The molecule has 0 spiro atoms. The largest absolute Gasteiger partial charge is 0.490 e. The van der Waals surface area contributed by atoms with Gasteiger partial charge in [-0.3, -0.25) is 5.32 Å². The molecule has 2 rings (SSSR count). The Morgan fingerprint density at radius 3 is 2.95 bits per heavy atom. The third kappa shape index (κ3) is 3.52. The van der Waals surface area contributed by atoms with Gasteiger partial charge in [-0.05, 0) is 50.8 Å². The summed E-state index contributed by atoms with van der Waals surface area (Å²) in [5.74, 6) is 0.924. The summed E-state index contributed by atoms with van der Waals surface area (Å²) in [6.45, 7) is 6.30. The Bertz CT molecular complexity index is 492. The van der Waals surface area contributed by atoms with Gasteiger partial charge in [-0.2, -0.15) is 5.26 Å². The molecule has 1 N–H and O–H groups in total. The summed E-state index contributed by atoms with van der Waals surface area (Å²) >= 11 is 0. The lowest BCUT2D eigenvalue weighted by molar-refractivity contribution is 0.199. The average Bonchev–Trinajstić information content (AvgIpc) is 2.82. The molecule has 0 amide bonds. The topological polar surface area (TPSA) is 45.0 Å². The predicted octanol–water partition coefficient (Wildman–Crippen LogP) is 3.44. The summed E-state index contributed by atoms with van der Waals surface area (Å²) in [6.07, 6.45) is 3.70. The normalized spacial score (nSPS) is 25.6. The molecule has 1 aromatic carbocycles. The Hall–Kier alpha value is -1.53. The van der Waals surface area contributed by atoms with Crippen molar-refractivity contribution in [1.29, 1.82) is 5.26 Å². The lowest BCUT2D eigenvalue weighted by Crippen LogP contribution is -2.46. The molecule has 2 unspecified atom stereocenters. The summed E-state index contributed by atoms with van der Waals surface area (Å²) in [5.41, 5.74) is 0.869. The van der Waals surface area contributed by atoms with Gasteiger partial charge in [0, 0.05) is 12.5 Å². The van der Waals surface area contributed by atoms with E-state index in [1.54, 1.807) is 0 Å². The van der Waals surface area contributed by atoms with E-state index in [4.69, 9.17) is 4.74 Å². The van der Waals surface area contributed by atoms with Gasteiger partial charge in [0.05, 0.1) is 6.07 Å². The first-order valence-electron chi connectivity index (χ1n) is 7.51. The minimum absolute atomic E-state index is 0.132. The molecule has 1 aliphatic carbocycles. The van der Waals surface area contributed by atoms with E-state index in [-0.39, 0.29) is 6.10 Å². The molecule has 0 heterocycles. The van der Waals surface area contributed by atoms with Gasteiger partial charge < -0.3 is 4.74 Å². The summed E-state index contributed by atoms with van der Waals surface area (Å²) in [6, 6.07) is 11.0. The summed E-state index contributed by atoms with van der Waals surface area (Å²) in [4.78, 5) is 0. The number of benzene rings is 1. The molecular formula is C17H24N2O. The van der Waals surface area contributed by atoms with Gasteiger partial charge in [0.2, 0.25) is 0 Å². The molecule has 1 saturated carbocycles. The van der Waals surface area contributed by atoms with Gasteiger partial charge in [-0.25, -0.2) is 0 Å². The molecule has 20 heavy (non-hydrogen) atoms. The highest BCUT2D eigenvalue weighted by molar-refractivity contribution is 5.29. The maximum atomic E-state index is 9.46. The van der Waals surface area contributed by atoms with Gasteiger partial charge in [-0.15, -0.1) is 0 Å². The molecule has 1 aliphatic rings. The highest BCUT2D eigenvalue weighted by Crippen LogP contribution is 2.33. The first-order chi connectivity index (χ1) is 9.57. The number of hydrogen-bond acceptors (Lipinski definition) is 3. The number of aryl methyl sites for hydroxylation is 1. The van der Waals surface area contributed by atoms with Crippen LogP contribution in [0.15, 0.2) is 24.3 Å².